The molecule has 1 nitrogen and oxygen atoms in total. The molecule has 2 rings (SSSR count). The lowest BCUT2D eigenvalue weighted by molar-refractivity contribution is 0.409. The summed E-state index contributed by atoms with van der Waals surface area (Å²) in [5.41, 5.74) is 2.40. The van der Waals surface area contributed by atoms with Crippen LogP contribution in [0.2, 0.25) is 5.02 Å². The van der Waals surface area contributed by atoms with Crippen molar-refractivity contribution >= 4 is 27.5 Å². The van der Waals surface area contributed by atoms with Crippen LogP contribution in [-0.4, -0.2) is 7.11 Å². The van der Waals surface area contributed by atoms with E-state index in [1.807, 2.05) is 42.5 Å². The Balaban J connectivity index is 2.15. The Hall–Kier alpha value is -0.990. The maximum atomic E-state index is 5.89. The largest absolute Gasteiger partial charge is 0.496 e. The molecule has 1 atom stereocenters. The van der Waals surface area contributed by atoms with Gasteiger partial charge in [-0.25, -0.2) is 0 Å². The molecule has 0 spiro atoms. The molecule has 2 aromatic carbocycles. The summed E-state index contributed by atoms with van der Waals surface area (Å²) in [6.45, 7) is 0. The van der Waals surface area contributed by atoms with E-state index in [0.29, 0.717) is 0 Å². The molecule has 0 aliphatic carbocycles. The molecule has 1 unspecified atom stereocenters. The van der Waals surface area contributed by atoms with Gasteiger partial charge in [0.2, 0.25) is 0 Å². The minimum atomic E-state index is 0.256. The molecule has 0 heterocycles. The van der Waals surface area contributed by atoms with Crippen LogP contribution >= 0.6 is 27.5 Å². The highest BCUT2D eigenvalue weighted by Crippen LogP contribution is 2.31. The van der Waals surface area contributed by atoms with Crippen LogP contribution in [0.25, 0.3) is 0 Å². The Morgan fingerprint density at radius 1 is 1.11 bits per heavy atom. The molecule has 0 aliphatic rings. The fourth-order valence-corrected chi connectivity index (χ4v) is 2.63. The first kappa shape index (κ1) is 13.4. The van der Waals surface area contributed by atoms with Gasteiger partial charge < -0.3 is 4.74 Å². The molecule has 18 heavy (non-hydrogen) atoms. The Kier molecular flexibility index (Phi) is 4.67. The first-order valence-electron chi connectivity index (χ1n) is 5.72. The maximum Gasteiger partial charge on any atom is 0.122 e. The SMILES string of the molecule is COc1ccccc1CC(Br)c1ccc(Cl)cc1. The van der Waals surface area contributed by atoms with Gasteiger partial charge in [0.25, 0.3) is 0 Å². The second-order valence-electron chi connectivity index (χ2n) is 4.04. The third-order valence-corrected chi connectivity index (χ3v) is 3.93. The molecule has 0 saturated heterocycles. The lowest BCUT2D eigenvalue weighted by Crippen LogP contribution is -1.98. The Bertz CT molecular complexity index is 510. The third kappa shape index (κ3) is 3.27. The van der Waals surface area contributed by atoms with E-state index in [9.17, 15) is 0 Å². The summed E-state index contributed by atoms with van der Waals surface area (Å²) in [6.07, 6.45) is 0.881. The summed E-state index contributed by atoms with van der Waals surface area (Å²) in [5, 5.41) is 0.760. The molecule has 0 aliphatic heterocycles. The number of hydrogen-bond acceptors (Lipinski definition) is 1. The molecule has 0 saturated carbocycles. The predicted molar refractivity (Wildman–Crippen MR) is 79.8 cm³/mol. The van der Waals surface area contributed by atoms with Crippen molar-refractivity contribution in [2.75, 3.05) is 7.11 Å². The molecule has 3 heteroatoms. The first-order chi connectivity index (χ1) is 8.70. The van der Waals surface area contributed by atoms with Crippen molar-refractivity contribution in [1.29, 1.82) is 0 Å². The van der Waals surface area contributed by atoms with E-state index in [1.165, 1.54) is 11.1 Å². The molecule has 0 fully saturated rings. The normalized spacial score (nSPS) is 12.2. The van der Waals surface area contributed by atoms with Gasteiger partial charge in [-0.2, -0.15) is 0 Å². The molecular formula is C15H14BrClO. The van der Waals surface area contributed by atoms with Crippen LogP contribution in [0.3, 0.4) is 0 Å². The van der Waals surface area contributed by atoms with Crippen LogP contribution in [0.15, 0.2) is 48.5 Å². The first-order valence-corrected chi connectivity index (χ1v) is 7.01. The molecule has 94 valence electrons. The average molecular weight is 326 g/mol. The summed E-state index contributed by atoms with van der Waals surface area (Å²) in [5.74, 6) is 0.927. The number of hydrogen-bond donors (Lipinski definition) is 0. The number of alkyl halides is 1. The second kappa shape index (κ2) is 6.26. The van der Waals surface area contributed by atoms with Crippen LogP contribution in [0.5, 0.6) is 5.75 Å². The zero-order valence-corrected chi connectivity index (χ0v) is 12.4. The monoisotopic (exact) mass is 324 g/mol. The molecular weight excluding hydrogens is 312 g/mol. The Labute approximate surface area is 121 Å². The van der Waals surface area contributed by atoms with Crippen molar-refractivity contribution in [3.8, 4) is 5.75 Å². The van der Waals surface area contributed by atoms with E-state index < -0.39 is 0 Å². The minimum Gasteiger partial charge on any atom is -0.496 e. The van der Waals surface area contributed by atoms with Crippen LogP contribution in [-0.2, 0) is 6.42 Å². The zero-order chi connectivity index (χ0) is 13.0. The highest BCUT2D eigenvalue weighted by Gasteiger charge is 2.11. The number of ether oxygens (including phenoxy) is 1. The van der Waals surface area contributed by atoms with E-state index in [0.717, 1.165) is 17.2 Å². The van der Waals surface area contributed by atoms with Gasteiger partial charge in [-0.3, -0.25) is 0 Å². The van der Waals surface area contributed by atoms with Gasteiger partial charge in [0, 0.05) is 9.85 Å². The van der Waals surface area contributed by atoms with Gasteiger partial charge in [0.15, 0.2) is 0 Å². The van der Waals surface area contributed by atoms with Crippen molar-refractivity contribution in [2.45, 2.75) is 11.2 Å². The van der Waals surface area contributed by atoms with Crippen molar-refractivity contribution in [3.63, 3.8) is 0 Å². The smallest absolute Gasteiger partial charge is 0.122 e. The third-order valence-electron chi connectivity index (χ3n) is 2.82. The van der Waals surface area contributed by atoms with Gasteiger partial charge in [-0.05, 0) is 35.7 Å². The topological polar surface area (TPSA) is 9.23 Å². The van der Waals surface area contributed by atoms with Gasteiger partial charge in [0.05, 0.1) is 7.11 Å². The van der Waals surface area contributed by atoms with Crippen molar-refractivity contribution in [2.24, 2.45) is 0 Å². The number of halogens is 2. The van der Waals surface area contributed by atoms with Crippen LogP contribution in [0.1, 0.15) is 16.0 Å². The molecule has 0 radical (unpaired) electrons. The molecule has 0 bridgehead atoms. The highest BCUT2D eigenvalue weighted by atomic mass is 79.9. The van der Waals surface area contributed by atoms with E-state index >= 15 is 0 Å². The summed E-state index contributed by atoms with van der Waals surface area (Å²) in [7, 11) is 1.70. The quantitative estimate of drug-likeness (QED) is 0.717. The van der Waals surface area contributed by atoms with E-state index in [1.54, 1.807) is 7.11 Å². The van der Waals surface area contributed by atoms with Gasteiger partial charge in [-0.1, -0.05) is 57.9 Å². The standard InChI is InChI=1S/C15H14BrClO/c1-18-15-5-3-2-4-12(15)10-14(16)11-6-8-13(17)9-7-11/h2-9,14H,10H2,1H3. The number of rotatable bonds is 4. The van der Waals surface area contributed by atoms with E-state index in [2.05, 4.69) is 22.0 Å². The fourth-order valence-electron chi connectivity index (χ4n) is 1.85. The summed E-state index contributed by atoms with van der Waals surface area (Å²) in [6, 6.07) is 16.0. The average Bonchev–Trinajstić information content (AvgIpc) is 2.40. The number of para-hydroxylation sites is 1. The fraction of sp³-hybridized carbons (Fsp3) is 0.200. The highest BCUT2D eigenvalue weighted by molar-refractivity contribution is 9.09. The van der Waals surface area contributed by atoms with Crippen molar-refractivity contribution in [1.82, 2.24) is 0 Å². The van der Waals surface area contributed by atoms with Crippen molar-refractivity contribution in [3.05, 3.63) is 64.7 Å². The maximum absolute atomic E-state index is 5.89. The molecule has 0 amide bonds. The van der Waals surface area contributed by atoms with Gasteiger partial charge >= 0.3 is 0 Å². The minimum absolute atomic E-state index is 0.256. The summed E-state index contributed by atoms with van der Waals surface area (Å²) < 4.78 is 5.36. The van der Waals surface area contributed by atoms with E-state index in [4.69, 9.17) is 16.3 Å². The Morgan fingerprint density at radius 2 is 1.78 bits per heavy atom. The van der Waals surface area contributed by atoms with Gasteiger partial charge in [-0.15, -0.1) is 0 Å². The van der Waals surface area contributed by atoms with E-state index in [-0.39, 0.29) is 4.83 Å². The number of methoxy groups -OCH3 is 1. The molecule has 0 aromatic heterocycles. The predicted octanol–water partition coefficient (Wildman–Crippen LogP) is 5.03. The summed E-state index contributed by atoms with van der Waals surface area (Å²) >= 11 is 9.60. The molecule has 2 aromatic rings. The number of benzene rings is 2. The lowest BCUT2D eigenvalue weighted by Gasteiger charge is -2.13. The lowest BCUT2D eigenvalue weighted by atomic mass is 10.0. The van der Waals surface area contributed by atoms with Crippen LogP contribution < -0.4 is 4.74 Å². The van der Waals surface area contributed by atoms with Crippen LogP contribution in [0.4, 0.5) is 0 Å². The molecule has 0 N–H and O–H groups in total. The Morgan fingerprint density at radius 3 is 2.44 bits per heavy atom. The summed E-state index contributed by atoms with van der Waals surface area (Å²) in [4.78, 5) is 0.256. The second-order valence-corrected chi connectivity index (χ2v) is 5.58. The van der Waals surface area contributed by atoms with Crippen molar-refractivity contribution < 1.29 is 4.74 Å². The van der Waals surface area contributed by atoms with Crippen LogP contribution in [0, 0.1) is 0 Å². The van der Waals surface area contributed by atoms with Gasteiger partial charge in [0.1, 0.15) is 5.75 Å². The zero-order valence-electron chi connectivity index (χ0n) is 10.1.